The molecule has 1 fully saturated rings. The molecule has 4 rings (SSSR count). The minimum Gasteiger partial charge on any atom is -0.297 e. The zero-order chi connectivity index (χ0) is 17.8. The number of aromatic nitrogens is 2. The van der Waals surface area contributed by atoms with Gasteiger partial charge in [-0.25, -0.2) is 9.07 Å². The fraction of sp³-hybridized carbons (Fsp3) is 0.286. The van der Waals surface area contributed by atoms with Crippen molar-refractivity contribution >= 4 is 0 Å². The van der Waals surface area contributed by atoms with Gasteiger partial charge < -0.3 is 0 Å². The second-order valence-electron chi connectivity index (χ2n) is 6.76. The van der Waals surface area contributed by atoms with Crippen LogP contribution in [0.15, 0.2) is 67.0 Å². The van der Waals surface area contributed by atoms with E-state index in [9.17, 15) is 4.39 Å². The Labute approximate surface area is 153 Å². The lowest BCUT2D eigenvalue weighted by Gasteiger charge is -2.34. The highest BCUT2D eigenvalue weighted by atomic mass is 19.1. The highest BCUT2D eigenvalue weighted by molar-refractivity contribution is 5.33. The Hall–Kier alpha value is -2.50. The molecule has 0 radical (unpaired) electrons. The largest absolute Gasteiger partial charge is 0.297 e. The molecule has 1 aliphatic rings. The average molecular weight is 350 g/mol. The third-order valence-corrected chi connectivity index (χ3v) is 4.93. The number of hydrogen-bond donors (Lipinski definition) is 0. The SMILES string of the molecule is Fc1ccccc1CN1CCN(Cc2ccc(-n3cccn3)cc2)CC1. The van der Waals surface area contributed by atoms with E-state index in [2.05, 4.69) is 39.2 Å². The number of rotatable bonds is 5. The number of halogens is 1. The summed E-state index contributed by atoms with van der Waals surface area (Å²) < 4.78 is 15.7. The van der Waals surface area contributed by atoms with Crippen LogP contribution in [0.3, 0.4) is 0 Å². The van der Waals surface area contributed by atoms with Crippen molar-refractivity contribution in [3.05, 3.63) is 83.9 Å². The van der Waals surface area contributed by atoms with Gasteiger partial charge in [0.1, 0.15) is 5.82 Å². The molecular formula is C21H23FN4. The smallest absolute Gasteiger partial charge is 0.127 e. The van der Waals surface area contributed by atoms with Gasteiger partial charge >= 0.3 is 0 Å². The predicted octanol–water partition coefficient (Wildman–Crippen LogP) is 3.33. The first-order valence-corrected chi connectivity index (χ1v) is 9.05. The molecule has 1 saturated heterocycles. The van der Waals surface area contributed by atoms with Crippen LogP contribution in [-0.4, -0.2) is 45.8 Å². The third kappa shape index (κ3) is 4.00. The maximum Gasteiger partial charge on any atom is 0.127 e. The predicted molar refractivity (Wildman–Crippen MR) is 101 cm³/mol. The molecule has 134 valence electrons. The molecule has 0 aliphatic carbocycles. The van der Waals surface area contributed by atoms with Crippen LogP contribution >= 0.6 is 0 Å². The summed E-state index contributed by atoms with van der Waals surface area (Å²) in [6.45, 7) is 5.61. The fourth-order valence-electron chi connectivity index (χ4n) is 3.41. The first-order chi connectivity index (χ1) is 12.8. The Kier molecular flexibility index (Phi) is 5.09. The van der Waals surface area contributed by atoms with Gasteiger partial charge in [-0.3, -0.25) is 9.80 Å². The Bertz CT molecular complexity index is 821. The number of nitrogens with zero attached hydrogens (tertiary/aromatic N) is 4. The molecular weight excluding hydrogens is 327 g/mol. The van der Waals surface area contributed by atoms with Crippen LogP contribution in [-0.2, 0) is 13.1 Å². The fourth-order valence-corrected chi connectivity index (χ4v) is 3.41. The second-order valence-corrected chi connectivity index (χ2v) is 6.76. The summed E-state index contributed by atoms with van der Waals surface area (Å²) in [6.07, 6.45) is 3.73. The van der Waals surface area contributed by atoms with Crippen molar-refractivity contribution in [3.8, 4) is 5.69 Å². The van der Waals surface area contributed by atoms with Gasteiger partial charge in [0, 0.05) is 57.2 Å². The van der Waals surface area contributed by atoms with Gasteiger partial charge in [0.2, 0.25) is 0 Å². The van der Waals surface area contributed by atoms with Crippen LogP contribution in [0.1, 0.15) is 11.1 Å². The molecule has 5 heteroatoms. The van der Waals surface area contributed by atoms with Crippen LogP contribution < -0.4 is 0 Å². The summed E-state index contributed by atoms with van der Waals surface area (Å²) >= 11 is 0. The molecule has 3 aromatic rings. The zero-order valence-corrected chi connectivity index (χ0v) is 14.8. The van der Waals surface area contributed by atoms with Crippen molar-refractivity contribution in [2.24, 2.45) is 0 Å². The van der Waals surface area contributed by atoms with Gasteiger partial charge in [0.15, 0.2) is 0 Å². The second kappa shape index (κ2) is 7.81. The van der Waals surface area contributed by atoms with Gasteiger partial charge in [-0.15, -0.1) is 0 Å². The van der Waals surface area contributed by atoms with E-state index in [1.807, 2.05) is 29.1 Å². The first kappa shape index (κ1) is 16.9. The maximum absolute atomic E-state index is 13.8. The highest BCUT2D eigenvalue weighted by Gasteiger charge is 2.18. The number of piperazine rings is 1. The van der Waals surface area contributed by atoms with E-state index in [1.54, 1.807) is 18.3 Å². The van der Waals surface area contributed by atoms with Crippen molar-refractivity contribution < 1.29 is 4.39 Å². The highest BCUT2D eigenvalue weighted by Crippen LogP contribution is 2.15. The van der Waals surface area contributed by atoms with Gasteiger partial charge in [0.25, 0.3) is 0 Å². The minimum atomic E-state index is -0.104. The molecule has 0 unspecified atom stereocenters. The quantitative estimate of drug-likeness (QED) is 0.705. The van der Waals surface area contributed by atoms with Gasteiger partial charge in [-0.1, -0.05) is 30.3 Å². The third-order valence-electron chi connectivity index (χ3n) is 4.93. The zero-order valence-electron chi connectivity index (χ0n) is 14.8. The summed E-state index contributed by atoms with van der Waals surface area (Å²) in [4.78, 5) is 4.79. The van der Waals surface area contributed by atoms with E-state index < -0.39 is 0 Å². The van der Waals surface area contributed by atoms with Crippen molar-refractivity contribution in [1.29, 1.82) is 0 Å². The standard InChI is InChI=1S/C21H23FN4/c22-21-5-2-1-4-19(21)17-25-14-12-24(13-15-25)16-18-6-8-20(9-7-18)26-11-3-10-23-26/h1-11H,12-17H2. The summed E-state index contributed by atoms with van der Waals surface area (Å²) in [7, 11) is 0. The summed E-state index contributed by atoms with van der Waals surface area (Å²) in [5, 5.41) is 4.25. The lowest BCUT2D eigenvalue weighted by atomic mass is 10.1. The van der Waals surface area contributed by atoms with Crippen molar-refractivity contribution in [2.75, 3.05) is 26.2 Å². The van der Waals surface area contributed by atoms with E-state index >= 15 is 0 Å². The lowest BCUT2D eigenvalue weighted by Crippen LogP contribution is -2.45. The number of benzene rings is 2. The molecule has 26 heavy (non-hydrogen) atoms. The molecule has 0 bridgehead atoms. The molecule has 0 saturated carbocycles. The molecule has 4 nitrogen and oxygen atoms in total. The van der Waals surface area contributed by atoms with E-state index in [0.29, 0.717) is 6.54 Å². The molecule has 2 aromatic carbocycles. The summed E-state index contributed by atoms with van der Waals surface area (Å²) in [6, 6.07) is 17.5. The van der Waals surface area contributed by atoms with Gasteiger partial charge in [0.05, 0.1) is 5.69 Å². The van der Waals surface area contributed by atoms with E-state index in [-0.39, 0.29) is 5.82 Å². The monoisotopic (exact) mass is 350 g/mol. The summed E-state index contributed by atoms with van der Waals surface area (Å²) in [5.41, 5.74) is 3.17. The van der Waals surface area contributed by atoms with Gasteiger partial charge in [-0.05, 0) is 29.8 Å². The molecule has 0 spiro atoms. The van der Waals surface area contributed by atoms with Crippen LogP contribution in [0, 0.1) is 5.82 Å². The molecule has 1 aromatic heterocycles. The first-order valence-electron chi connectivity index (χ1n) is 9.05. The lowest BCUT2D eigenvalue weighted by molar-refractivity contribution is 0.121. The van der Waals surface area contributed by atoms with E-state index in [1.165, 1.54) is 5.56 Å². The van der Waals surface area contributed by atoms with Crippen molar-refractivity contribution in [2.45, 2.75) is 13.1 Å². The molecule has 1 aliphatic heterocycles. The maximum atomic E-state index is 13.8. The molecule has 0 N–H and O–H groups in total. The Balaban J connectivity index is 1.29. The van der Waals surface area contributed by atoms with Crippen LogP contribution in [0.4, 0.5) is 4.39 Å². The van der Waals surface area contributed by atoms with E-state index in [4.69, 9.17) is 0 Å². The van der Waals surface area contributed by atoms with Crippen molar-refractivity contribution in [1.82, 2.24) is 19.6 Å². The average Bonchev–Trinajstić information content (AvgIpc) is 3.21. The normalized spacial score (nSPS) is 16.0. The topological polar surface area (TPSA) is 24.3 Å². The Morgan fingerprint density at radius 3 is 2.15 bits per heavy atom. The number of hydrogen-bond acceptors (Lipinski definition) is 3. The van der Waals surface area contributed by atoms with E-state index in [0.717, 1.165) is 44.0 Å². The Morgan fingerprint density at radius 2 is 1.50 bits per heavy atom. The van der Waals surface area contributed by atoms with Crippen LogP contribution in [0.2, 0.25) is 0 Å². The van der Waals surface area contributed by atoms with Crippen LogP contribution in [0.5, 0.6) is 0 Å². The minimum absolute atomic E-state index is 0.104. The molecule has 2 heterocycles. The summed E-state index contributed by atoms with van der Waals surface area (Å²) in [5.74, 6) is -0.104. The Morgan fingerprint density at radius 1 is 0.808 bits per heavy atom. The van der Waals surface area contributed by atoms with Crippen LogP contribution in [0.25, 0.3) is 5.69 Å². The van der Waals surface area contributed by atoms with Crippen molar-refractivity contribution in [3.63, 3.8) is 0 Å². The molecule has 0 atom stereocenters. The van der Waals surface area contributed by atoms with Gasteiger partial charge in [-0.2, -0.15) is 5.10 Å². The molecule has 0 amide bonds.